The molecule has 6 heteroatoms. The van der Waals surface area contributed by atoms with Crippen molar-refractivity contribution in [3.63, 3.8) is 0 Å². The van der Waals surface area contributed by atoms with Crippen LogP contribution in [-0.2, 0) is 6.54 Å². The first kappa shape index (κ1) is 16.8. The Bertz CT molecular complexity index is 475. The van der Waals surface area contributed by atoms with Gasteiger partial charge < -0.3 is 20.1 Å². The quantitative estimate of drug-likeness (QED) is 0.641. The molecule has 6 nitrogen and oxygen atoms in total. The second-order valence-corrected chi connectivity index (χ2v) is 6.43. The van der Waals surface area contributed by atoms with Gasteiger partial charge in [0.05, 0.1) is 12.2 Å². The predicted octanol–water partition coefficient (Wildman–Crippen LogP) is 1.80. The van der Waals surface area contributed by atoms with E-state index in [-0.39, 0.29) is 0 Å². The molecular weight excluding hydrogens is 278 g/mol. The molecule has 0 saturated carbocycles. The van der Waals surface area contributed by atoms with E-state index in [1.807, 2.05) is 6.07 Å². The summed E-state index contributed by atoms with van der Waals surface area (Å²) in [6.07, 6.45) is 2.50. The van der Waals surface area contributed by atoms with Gasteiger partial charge in [-0.1, -0.05) is 19.0 Å². The summed E-state index contributed by atoms with van der Waals surface area (Å²) in [7, 11) is 3.98. The van der Waals surface area contributed by atoms with Crippen molar-refractivity contribution in [3.05, 3.63) is 17.5 Å². The number of hydrogen-bond donors (Lipinski definition) is 2. The fourth-order valence-electron chi connectivity index (χ4n) is 2.58. The molecule has 0 spiro atoms. The van der Waals surface area contributed by atoms with Crippen LogP contribution >= 0.6 is 0 Å². The summed E-state index contributed by atoms with van der Waals surface area (Å²) in [6, 6.07) is 2.00. The van der Waals surface area contributed by atoms with Gasteiger partial charge in [-0.25, -0.2) is 0 Å². The molecular formula is C16H29N5O. The van der Waals surface area contributed by atoms with Gasteiger partial charge in [0.2, 0.25) is 0 Å². The Kier molecular flexibility index (Phi) is 6.24. The number of nitrogens with one attached hydrogen (secondary N) is 2. The molecule has 2 N–H and O–H groups in total. The minimum Gasteiger partial charge on any atom is -0.359 e. The van der Waals surface area contributed by atoms with Crippen molar-refractivity contribution < 1.29 is 4.52 Å². The molecule has 22 heavy (non-hydrogen) atoms. The van der Waals surface area contributed by atoms with Gasteiger partial charge in [0.1, 0.15) is 0 Å². The van der Waals surface area contributed by atoms with Gasteiger partial charge in [0, 0.05) is 19.7 Å². The van der Waals surface area contributed by atoms with Crippen LogP contribution in [0.1, 0.15) is 44.1 Å². The minimum atomic E-state index is 0.388. The van der Waals surface area contributed by atoms with E-state index in [1.165, 1.54) is 25.9 Å². The maximum absolute atomic E-state index is 5.33. The van der Waals surface area contributed by atoms with Crippen molar-refractivity contribution in [2.24, 2.45) is 10.9 Å². The zero-order chi connectivity index (χ0) is 15.9. The molecule has 1 aliphatic rings. The normalized spacial score (nSPS) is 18.0. The Labute approximate surface area is 133 Å². The van der Waals surface area contributed by atoms with Crippen LogP contribution in [0.4, 0.5) is 0 Å². The van der Waals surface area contributed by atoms with Crippen molar-refractivity contribution in [2.45, 2.75) is 39.2 Å². The highest BCUT2D eigenvalue weighted by molar-refractivity contribution is 5.79. The molecule has 2 heterocycles. The molecule has 124 valence electrons. The van der Waals surface area contributed by atoms with E-state index in [1.54, 1.807) is 7.05 Å². The number of guanidine groups is 1. The molecule has 1 aromatic heterocycles. The lowest BCUT2D eigenvalue weighted by Crippen LogP contribution is -2.41. The summed E-state index contributed by atoms with van der Waals surface area (Å²) < 4.78 is 5.33. The topological polar surface area (TPSA) is 65.7 Å². The zero-order valence-corrected chi connectivity index (χ0v) is 14.2. The zero-order valence-electron chi connectivity index (χ0n) is 14.2. The first-order chi connectivity index (χ1) is 10.6. The fourth-order valence-corrected chi connectivity index (χ4v) is 2.58. The Balaban J connectivity index is 1.72. The van der Waals surface area contributed by atoms with Gasteiger partial charge in [-0.2, -0.15) is 0 Å². The Morgan fingerprint density at radius 2 is 2.14 bits per heavy atom. The molecule has 1 saturated heterocycles. The highest BCUT2D eigenvalue weighted by atomic mass is 16.5. The molecule has 0 atom stereocenters. The van der Waals surface area contributed by atoms with Crippen LogP contribution in [-0.4, -0.2) is 49.7 Å². The Morgan fingerprint density at radius 3 is 2.73 bits per heavy atom. The molecule has 0 aromatic carbocycles. The maximum Gasteiger partial charge on any atom is 0.191 e. The van der Waals surface area contributed by atoms with E-state index < -0.39 is 0 Å². The van der Waals surface area contributed by atoms with Gasteiger partial charge in [-0.05, 0) is 44.8 Å². The van der Waals surface area contributed by atoms with Crippen LogP contribution in [0.5, 0.6) is 0 Å². The van der Waals surface area contributed by atoms with Crippen LogP contribution in [0.15, 0.2) is 15.6 Å². The molecule has 0 radical (unpaired) electrons. The van der Waals surface area contributed by atoms with Crippen molar-refractivity contribution in [2.75, 3.05) is 33.7 Å². The SMILES string of the molecule is CN=C(NCc1cc(C(C)C)no1)NCC1CCN(C)CC1. The van der Waals surface area contributed by atoms with E-state index in [2.05, 4.69) is 46.6 Å². The third kappa shape index (κ3) is 5.02. The van der Waals surface area contributed by atoms with Gasteiger partial charge in [-0.15, -0.1) is 0 Å². The monoisotopic (exact) mass is 307 g/mol. The standard InChI is InChI=1S/C16H29N5O/c1-12(2)15-9-14(22-20-15)11-19-16(17-3)18-10-13-5-7-21(4)8-6-13/h9,12-13H,5-8,10-11H2,1-4H3,(H2,17,18,19). The van der Waals surface area contributed by atoms with Crippen molar-refractivity contribution >= 4 is 5.96 Å². The molecule has 0 unspecified atom stereocenters. The number of piperidine rings is 1. The maximum atomic E-state index is 5.33. The predicted molar refractivity (Wildman–Crippen MR) is 89.0 cm³/mol. The number of likely N-dealkylation sites (tertiary alicyclic amines) is 1. The summed E-state index contributed by atoms with van der Waals surface area (Å²) >= 11 is 0. The first-order valence-electron chi connectivity index (χ1n) is 8.17. The highest BCUT2D eigenvalue weighted by Gasteiger charge is 2.16. The highest BCUT2D eigenvalue weighted by Crippen LogP contribution is 2.15. The smallest absolute Gasteiger partial charge is 0.191 e. The molecule has 1 fully saturated rings. The van der Waals surface area contributed by atoms with E-state index in [9.17, 15) is 0 Å². The van der Waals surface area contributed by atoms with Crippen molar-refractivity contribution in [1.29, 1.82) is 0 Å². The second kappa shape index (κ2) is 8.17. The van der Waals surface area contributed by atoms with Crippen LogP contribution in [0.2, 0.25) is 0 Å². The van der Waals surface area contributed by atoms with E-state index >= 15 is 0 Å². The lowest BCUT2D eigenvalue weighted by atomic mass is 9.97. The molecule has 0 bridgehead atoms. The van der Waals surface area contributed by atoms with Crippen LogP contribution in [0, 0.1) is 5.92 Å². The lowest BCUT2D eigenvalue weighted by Gasteiger charge is -2.29. The fraction of sp³-hybridized carbons (Fsp3) is 0.750. The number of rotatable bonds is 5. The second-order valence-electron chi connectivity index (χ2n) is 6.43. The van der Waals surface area contributed by atoms with E-state index in [0.717, 1.165) is 29.9 Å². The van der Waals surface area contributed by atoms with Gasteiger partial charge in [0.25, 0.3) is 0 Å². The van der Waals surface area contributed by atoms with Gasteiger partial charge in [0.15, 0.2) is 11.7 Å². The largest absolute Gasteiger partial charge is 0.359 e. The van der Waals surface area contributed by atoms with Crippen LogP contribution in [0.25, 0.3) is 0 Å². The number of aliphatic imine (C=N–C) groups is 1. The first-order valence-corrected chi connectivity index (χ1v) is 8.17. The molecule has 1 aliphatic heterocycles. The van der Waals surface area contributed by atoms with E-state index in [0.29, 0.717) is 12.5 Å². The Hall–Kier alpha value is -1.56. The number of hydrogen-bond acceptors (Lipinski definition) is 4. The van der Waals surface area contributed by atoms with Crippen LogP contribution in [0.3, 0.4) is 0 Å². The average molecular weight is 307 g/mol. The third-order valence-electron chi connectivity index (χ3n) is 4.22. The summed E-state index contributed by atoms with van der Waals surface area (Å²) in [6.45, 7) is 8.17. The number of aromatic nitrogens is 1. The molecule has 2 rings (SSSR count). The number of nitrogens with zero attached hydrogens (tertiary/aromatic N) is 3. The third-order valence-corrected chi connectivity index (χ3v) is 4.22. The lowest BCUT2D eigenvalue weighted by molar-refractivity contribution is 0.220. The summed E-state index contributed by atoms with van der Waals surface area (Å²) in [5.41, 5.74) is 0.992. The molecule has 1 aromatic rings. The molecule has 0 amide bonds. The Morgan fingerprint density at radius 1 is 1.41 bits per heavy atom. The summed E-state index contributed by atoms with van der Waals surface area (Å²) in [4.78, 5) is 6.65. The molecule has 0 aliphatic carbocycles. The van der Waals surface area contributed by atoms with Crippen LogP contribution < -0.4 is 10.6 Å². The van der Waals surface area contributed by atoms with E-state index in [4.69, 9.17) is 4.52 Å². The minimum absolute atomic E-state index is 0.388. The summed E-state index contributed by atoms with van der Waals surface area (Å²) in [5, 5.41) is 10.8. The van der Waals surface area contributed by atoms with Gasteiger partial charge >= 0.3 is 0 Å². The van der Waals surface area contributed by atoms with Gasteiger partial charge in [-0.3, -0.25) is 4.99 Å². The summed E-state index contributed by atoms with van der Waals surface area (Å²) in [5.74, 6) is 2.78. The van der Waals surface area contributed by atoms with Crippen molar-refractivity contribution in [1.82, 2.24) is 20.7 Å². The average Bonchev–Trinajstić information content (AvgIpc) is 2.98. The van der Waals surface area contributed by atoms with Crippen molar-refractivity contribution in [3.8, 4) is 0 Å².